The highest BCUT2D eigenvalue weighted by Crippen LogP contribution is 2.35. The molecule has 0 saturated heterocycles. The van der Waals surface area contributed by atoms with Crippen molar-refractivity contribution in [2.24, 2.45) is 5.92 Å². The van der Waals surface area contributed by atoms with Crippen LogP contribution >= 0.6 is 11.8 Å². The highest BCUT2D eigenvalue weighted by Gasteiger charge is 2.31. The third-order valence-electron chi connectivity index (χ3n) is 3.45. The number of methoxy groups -OCH3 is 2. The van der Waals surface area contributed by atoms with Gasteiger partial charge in [-0.1, -0.05) is 6.92 Å². The van der Waals surface area contributed by atoms with Gasteiger partial charge >= 0.3 is 0 Å². The quantitative estimate of drug-likeness (QED) is 0.803. The molecule has 2 rings (SSSR count). The van der Waals surface area contributed by atoms with Crippen molar-refractivity contribution < 1.29 is 9.47 Å². The van der Waals surface area contributed by atoms with Crippen molar-refractivity contribution in [2.45, 2.75) is 30.8 Å². The number of thioether (sulfide) groups is 1. The van der Waals surface area contributed by atoms with Gasteiger partial charge in [0, 0.05) is 17.5 Å². The molecule has 2 unspecified atom stereocenters. The number of hydrogen-bond acceptors (Lipinski definition) is 4. The second-order valence-electron chi connectivity index (χ2n) is 4.72. The Labute approximate surface area is 113 Å². The lowest BCUT2D eigenvalue weighted by molar-refractivity contribution is 0.353. The van der Waals surface area contributed by atoms with Crippen LogP contribution in [0.3, 0.4) is 0 Å². The summed E-state index contributed by atoms with van der Waals surface area (Å²) < 4.78 is 10.7. The van der Waals surface area contributed by atoms with E-state index >= 15 is 0 Å². The van der Waals surface area contributed by atoms with E-state index in [1.807, 2.05) is 0 Å². The highest BCUT2D eigenvalue weighted by atomic mass is 32.2. The number of nitrogens with one attached hydrogen (secondary N) is 1. The van der Waals surface area contributed by atoms with E-state index in [-0.39, 0.29) is 0 Å². The zero-order valence-corrected chi connectivity index (χ0v) is 12.3. The van der Waals surface area contributed by atoms with Crippen molar-refractivity contribution in [3.05, 3.63) is 17.7 Å². The van der Waals surface area contributed by atoms with Crippen LogP contribution in [0.1, 0.15) is 18.9 Å². The first-order valence-corrected chi connectivity index (χ1v) is 7.44. The van der Waals surface area contributed by atoms with Crippen molar-refractivity contribution >= 4 is 11.8 Å². The minimum absolute atomic E-state index is 0.688. The van der Waals surface area contributed by atoms with Crippen LogP contribution in [0.4, 0.5) is 0 Å². The molecule has 1 aromatic carbocycles. The molecule has 2 atom stereocenters. The minimum atomic E-state index is 0.688. The van der Waals surface area contributed by atoms with Gasteiger partial charge in [-0.25, -0.2) is 0 Å². The second kappa shape index (κ2) is 5.85. The van der Waals surface area contributed by atoms with Crippen molar-refractivity contribution in [3.8, 4) is 11.5 Å². The van der Waals surface area contributed by atoms with Crippen molar-refractivity contribution in [1.29, 1.82) is 0 Å². The first kappa shape index (κ1) is 13.6. The molecule has 1 aromatic rings. The lowest BCUT2D eigenvalue weighted by Gasteiger charge is -2.14. The Bertz CT molecular complexity index is 423. The van der Waals surface area contributed by atoms with Gasteiger partial charge in [0.15, 0.2) is 11.5 Å². The zero-order valence-electron chi connectivity index (χ0n) is 11.4. The Hall–Kier alpha value is -0.870. The fourth-order valence-corrected chi connectivity index (χ4v) is 2.70. The summed E-state index contributed by atoms with van der Waals surface area (Å²) in [6, 6.07) is 4.81. The maximum absolute atomic E-state index is 5.36. The summed E-state index contributed by atoms with van der Waals surface area (Å²) in [7, 11) is 3.35. The van der Waals surface area contributed by atoms with Crippen molar-refractivity contribution in [2.75, 3.05) is 20.5 Å². The first-order valence-electron chi connectivity index (χ1n) is 6.21. The van der Waals surface area contributed by atoms with Crippen molar-refractivity contribution in [1.82, 2.24) is 5.32 Å². The van der Waals surface area contributed by atoms with Gasteiger partial charge in [-0.15, -0.1) is 11.8 Å². The number of rotatable bonds is 6. The topological polar surface area (TPSA) is 30.5 Å². The van der Waals surface area contributed by atoms with Gasteiger partial charge in [-0.05, 0) is 36.3 Å². The molecular formula is C14H21NO2S. The van der Waals surface area contributed by atoms with E-state index < -0.39 is 0 Å². The fraction of sp³-hybridized carbons (Fsp3) is 0.571. The van der Waals surface area contributed by atoms with Gasteiger partial charge < -0.3 is 14.8 Å². The summed E-state index contributed by atoms with van der Waals surface area (Å²) >= 11 is 1.74. The summed E-state index contributed by atoms with van der Waals surface area (Å²) in [6.07, 6.45) is 3.38. The van der Waals surface area contributed by atoms with E-state index in [0.29, 0.717) is 6.04 Å². The molecule has 1 saturated carbocycles. The largest absolute Gasteiger partial charge is 0.493 e. The average Bonchev–Trinajstić information content (AvgIpc) is 3.11. The summed E-state index contributed by atoms with van der Waals surface area (Å²) in [5.74, 6) is 2.42. The maximum atomic E-state index is 5.36. The number of hydrogen-bond donors (Lipinski definition) is 1. The van der Waals surface area contributed by atoms with Gasteiger partial charge in [0.25, 0.3) is 0 Å². The average molecular weight is 267 g/mol. The maximum Gasteiger partial charge on any atom is 0.161 e. The van der Waals surface area contributed by atoms with Crippen LogP contribution in [-0.4, -0.2) is 26.5 Å². The van der Waals surface area contributed by atoms with Gasteiger partial charge in [0.05, 0.1) is 14.2 Å². The van der Waals surface area contributed by atoms with Crippen LogP contribution in [-0.2, 0) is 6.54 Å². The molecule has 0 spiro atoms. The van der Waals surface area contributed by atoms with Crippen LogP contribution in [0.5, 0.6) is 11.5 Å². The molecule has 0 amide bonds. The normalized spacial score (nSPS) is 21.8. The van der Waals surface area contributed by atoms with E-state index in [2.05, 4.69) is 30.6 Å². The van der Waals surface area contributed by atoms with E-state index in [4.69, 9.17) is 9.47 Å². The summed E-state index contributed by atoms with van der Waals surface area (Å²) in [5, 5.41) is 3.58. The minimum Gasteiger partial charge on any atom is -0.493 e. The Kier molecular flexibility index (Phi) is 4.40. The molecule has 0 aromatic heterocycles. The second-order valence-corrected chi connectivity index (χ2v) is 5.57. The molecule has 3 nitrogen and oxygen atoms in total. The summed E-state index contributed by atoms with van der Waals surface area (Å²) in [6.45, 7) is 3.17. The molecule has 1 fully saturated rings. The van der Waals surface area contributed by atoms with Gasteiger partial charge in [0.2, 0.25) is 0 Å². The van der Waals surface area contributed by atoms with Crippen LogP contribution in [0.25, 0.3) is 0 Å². The Morgan fingerprint density at radius 3 is 2.39 bits per heavy atom. The van der Waals surface area contributed by atoms with Gasteiger partial charge in [-0.2, -0.15) is 0 Å². The molecule has 1 N–H and O–H groups in total. The van der Waals surface area contributed by atoms with Gasteiger partial charge in [0.1, 0.15) is 0 Å². The third-order valence-corrected chi connectivity index (χ3v) is 4.27. The van der Waals surface area contributed by atoms with E-state index in [1.54, 1.807) is 26.0 Å². The lowest BCUT2D eigenvalue weighted by atomic mass is 10.2. The van der Waals surface area contributed by atoms with Crippen LogP contribution in [0.15, 0.2) is 17.0 Å². The molecule has 0 heterocycles. The van der Waals surface area contributed by atoms with E-state index in [9.17, 15) is 0 Å². The first-order chi connectivity index (χ1) is 8.69. The molecule has 100 valence electrons. The molecule has 1 aliphatic rings. The smallest absolute Gasteiger partial charge is 0.161 e. The van der Waals surface area contributed by atoms with Crippen LogP contribution in [0.2, 0.25) is 0 Å². The van der Waals surface area contributed by atoms with Crippen LogP contribution < -0.4 is 14.8 Å². The number of ether oxygens (including phenoxy) is 2. The molecule has 0 aliphatic heterocycles. The fourth-order valence-electron chi connectivity index (χ4n) is 2.08. The summed E-state index contributed by atoms with van der Waals surface area (Å²) in [5.41, 5.74) is 1.28. The van der Waals surface area contributed by atoms with Crippen LogP contribution in [0, 0.1) is 5.92 Å². The Balaban J connectivity index is 2.15. The zero-order chi connectivity index (χ0) is 13.1. The third kappa shape index (κ3) is 2.93. The molecule has 4 heteroatoms. The van der Waals surface area contributed by atoms with E-state index in [0.717, 1.165) is 24.0 Å². The monoisotopic (exact) mass is 267 g/mol. The molecule has 1 aliphatic carbocycles. The lowest BCUT2D eigenvalue weighted by Crippen LogP contribution is -2.17. The predicted octanol–water partition coefficient (Wildman–Crippen LogP) is 2.92. The van der Waals surface area contributed by atoms with Gasteiger partial charge in [-0.3, -0.25) is 0 Å². The van der Waals surface area contributed by atoms with E-state index in [1.165, 1.54) is 16.9 Å². The Morgan fingerprint density at radius 1 is 1.28 bits per heavy atom. The summed E-state index contributed by atoms with van der Waals surface area (Å²) in [4.78, 5) is 1.24. The SMILES string of the molecule is COc1cc(CNC2CC2C)c(SC)cc1OC. The molecule has 18 heavy (non-hydrogen) atoms. The molecule has 0 bridgehead atoms. The predicted molar refractivity (Wildman–Crippen MR) is 75.7 cm³/mol. The highest BCUT2D eigenvalue weighted by molar-refractivity contribution is 7.98. The molecule has 0 radical (unpaired) electrons. The standard InChI is InChI=1S/C14H21NO2S/c1-9-5-11(9)15-8-10-6-12(16-2)13(17-3)7-14(10)18-4/h6-7,9,11,15H,5,8H2,1-4H3. The molecular weight excluding hydrogens is 246 g/mol. The number of benzene rings is 1. The van der Waals surface area contributed by atoms with Crippen molar-refractivity contribution in [3.63, 3.8) is 0 Å². The Morgan fingerprint density at radius 2 is 1.89 bits per heavy atom.